The summed E-state index contributed by atoms with van der Waals surface area (Å²) < 4.78 is 9.69. The third-order valence-electron chi connectivity index (χ3n) is 1.92. The molecule has 0 aliphatic carbocycles. The number of nitrogens with one attached hydrogen (secondary N) is 1. The molecule has 0 bridgehead atoms. The van der Waals surface area contributed by atoms with Crippen molar-refractivity contribution in [2.24, 2.45) is 0 Å². The number of aryl methyl sites for hydroxylation is 1. The highest BCUT2D eigenvalue weighted by molar-refractivity contribution is 6.00. The largest absolute Gasteiger partial charge is 0.462 e. The molecule has 0 aliphatic rings. The van der Waals surface area contributed by atoms with Crippen LogP contribution in [0.3, 0.4) is 0 Å². The number of esters is 1. The molecule has 0 saturated heterocycles. The molecule has 0 spiro atoms. The molecule has 1 N–H and O–H groups in total. The highest BCUT2D eigenvalue weighted by atomic mass is 16.5. The molecular formula is C10H14N2O4. The van der Waals surface area contributed by atoms with Gasteiger partial charge in [0.1, 0.15) is 5.56 Å². The maximum absolute atomic E-state index is 11.5. The third-order valence-corrected chi connectivity index (χ3v) is 1.92. The zero-order valence-corrected chi connectivity index (χ0v) is 9.49. The quantitative estimate of drug-likeness (QED) is 0.787. The second-order valence-electron chi connectivity index (χ2n) is 3.09. The van der Waals surface area contributed by atoms with Gasteiger partial charge in [-0.1, -0.05) is 12.1 Å². The fourth-order valence-corrected chi connectivity index (χ4v) is 1.11. The molecule has 1 aromatic heterocycles. The molecule has 0 atom stereocenters. The number of aromatic nitrogens is 1. The Balaban J connectivity index is 2.93. The number of hydrogen-bond acceptors (Lipinski definition) is 5. The summed E-state index contributed by atoms with van der Waals surface area (Å²) in [5.41, 5.74) is 0.563. The lowest BCUT2D eigenvalue weighted by Crippen LogP contribution is -2.13. The van der Waals surface area contributed by atoms with Crippen molar-refractivity contribution >= 4 is 17.8 Å². The van der Waals surface area contributed by atoms with Gasteiger partial charge >= 0.3 is 5.97 Å². The zero-order chi connectivity index (χ0) is 12.1. The van der Waals surface area contributed by atoms with Gasteiger partial charge in [-0.2, -0.15) is 0 Å². The first-order chi connectivity index (χ1) is 7.60. The molecule has 6 heteroatoms. The smallest absolute Gasteiger partial charge is 0.345 e. The molecule has 0 fully saturated rings. The molecule has 0 radical (unpaired) electrons. The van der Waals surface area contributed by atoms with Gasteiger partial charge < -0.3 is 9.26 Å². The number of carbonyl (C=O) groups excluding carboxylic acids is 2. The highest BCUT2D eigenvalue weighted by Gasteiger charge is 2.22. The predicted octanol–water partition coefficient (Wildman–Crippen LogP) is 1.51. The Morgan fingerprint density at radius 3 is 2.69 bits per heavy atom. The van der Waals surface area contributed by atoms with Gasteiger partial charge in [0.2, 0.25) is 11.8 Å². The van der Waals surface area contributed by atoms with E-state index >= 15 is 0 Å². The zero-order valence-electron chi connectivity index (χ0n) is 9.49. The molecule has 1 rings (SSSR count). The third kappa shape index (κ3) is 2.59. The lowest BCUT2D eigenvalue weighted by molar-refractivity contribution is -0.116. The van der Waals surface area contributed by atoms with Gasteiger partial charge in [-0.25, -0.2) is 4.79 Å². The van der Waals surface area contributed by atoms with Gasteiger partial charge in [-0.3, -0.25) is 10.1 Å². The van der Waals surface area contributed by atoms with Gasteiger partial charge in [0.25, 0.3) is 0 Å². The molecule has 0 saturated carbocycles. The van der Waals surface area contributed by atoms with Gasteiger partial charge in [-0.15, -0.1) is 0 Å². The Morgan fingerprint density at radius 1 is 1.44 bits per heavy atom. The first-order valence-electron chi connectivity index (χ1n) is 5.03. The minimum Gasteiger partial charge on any atom is -0.462 e. The Morgan fingerprint density at radius 2 is 2.12 bits per heavy atom. The lowest BCUT2D eigenvalue weighted by Gasteiger charge is -2.02. The van der Waals surface area contributed by atoms with Crippen molar-refractivity contribution in [3.63, 3.8) is 0 Å². The minimum atomic E-state index is -0.548. The van der Waals surface area contributed by atoms with Crippen LogP contribution in [0, 0.1) is 6.92 Å². The number of anilines is 1. The van der Waals surface area contributed by atoms with Crippen LogP contribution < -0.4 is 5.32 Å². The number of rotatable bonds is 4. The highest BCUT2D eigenvalue weighted by Crippen LogP contribution is 2.20. The van der Waals surface area contributed by atoms with Crippen LogP contribution in [0.15, 0.2) is 4.52 Å². The van der Waals surface area contributed by atoms with E-state index < -0.39 is 5.97 Å². The van der Waals surface area contributed by atoms with Crippen LogP contribution in [-0.4, -0.2) is 23.6 Å². The summed E-state index contributed by atoms with van der Waals surface area (Å²) in [6.45, 7) is 5.26. The van der Waals surface area contributed by atoms with E-state index in [4.69, 9.17) is 9.26 Å². The molecule has 1 heterocycles. The van der Waals surface area contributed by atoms with Crippen molar-refractivity contribution in [1.29, 1.82) is 0 Å². The second kappa shape index (κ2) is 5.29. The van der Waals surface area contributed by atoms with E-state index in [1.807, 2.05) is 0 Å². The molecular weight excluding hydrogens is 212 g/mol. The van der Waals surface area contributed by atoms with Crippen molar-refractivity contribution in [3.05, 3.63) is 11.3 Å². The topological polar surface area (TPSA) is 81.4 Å². The molecule has 0 aromatic carbocycles. The summed E-state index contributed by atoms with van der Waals surface area (Å²) in [7, 11) is 0. The molecule has 0 aliphatic heterocycles. The monoisotopic (exact) mass is 226 g/mol. The Kier molecular flexibility index (Phi) is 4.04. The van der Waals surface area contributed by atoms with E-state index in [0.29, 0.717) is 12.1 Å². The van der Waals surface area contributed by atoms with Crippen molar-refractivity contribution < 1.29 is 18.8 Å². The fraction of sp³-hybridized carbons (Fsp3) is 0.500. The number of ether oxygens (including phenoxy) is 1. The van der Waals surface area contributed by atoms with Crippen molar-refractivity contribution in [3.8, 4) is 0 Å². The first-order valence-corrected chi connectivity index (χ1v) is 5.03. The van der Waals surface area contributed by atoms with Crippen LogP contribution in [0.4, 0.5) is 5.88 Å². The average Bonchev–Trinajstić information content (AvgIpc) is 2.60. The van der Waals surface area contributed by atoms with Crippen LogP contribution in [0.1, 0.15) is 36.3 Å². The summed E-state index contributed by atoms with van der Waals surface area (Å²) in [5.74, 6) is -0.753. The average molecular weight is 226 g/mol. The van der Waals surface area contributed by atoms with E-state index in [9.17, 15) is 9.59 Å². The van der Waals surface area contributed by atoms with Crippen molar-refractivity contribution in [1.82, 2.24) is 5.16 Å². The molecule has 16 heavy (non-hydrogen) atoms. The lowest BCUT2D eigenvalue weighted by atomic mass is 10.2. The standard InChI is InChI=1S/C10H14N2O4/c1-4-7(13)11-9-8(6(3)12-16-9)10(14)15-5-2/h4-5H2,1-3H3,(H,11,13). The van der Waals surface area contributed by atoms with Gasteiger partial charge in [0.05, 0.1) is 12.3 Å². The second-order valence-corrected chi connectivity index (χ2v) is 3.09. The van der Waals surface area contributed by atoms with E-state index in [1.54, 1.807) is 20.8 Å². The Hall–Kier alpha value is -1.85. The fourth-order valence-electron chi connectivity index (χ4n) is 1.11. The summed E-state index contributed by atoms with van der Waals surface area (Å²) in [5, 5.41) is 6.07. The van der Waals surface area contributed by atoms with Crippen LogP contribution in [0.2, 0.25) is 0 Å². The molecule has 1 aromatic rings. The number of carbonyl (C=O) groups is 2. The maximum Gasteiger partial charge on any atom is 0.345 e. The molecule has 6 nitrogen and oxygen atoms in total. The van der Waals surface area contributed by atoms with Crippen LogP contribution in [-0.2, 0) is 9.53 Å². The summed E-state index contributed by atoms with van der Waals surface area (Å²) in [6.07, 6.45) is 0.294. The van der Waals surface area contributed by atoms with Gasteiger partial charge in [0, 0.05) is 6.42 Å². The van der Waals surface area contributed by atoms with E-state index in [1.165, 1.54) is 0 Å². The Bertz CT molecular complexity index is 398. The Labute approximate surface area is 92.9 Å². The number of hydrogen-bond donors (Lipinski definition) is 1. The first kappa shape index (κ1) is 12.2. The normalized spacial score (nSPS) is 9.94. The van der Waals surface area contributed by atoms with E-state index in [0.717, 1.165) is 0 Å². The van der Waals surface area contributed by atoms with Gasteiger partial charge in [0.15, 0.2) is 0 Å². The summed E-state index contributed by atoms with van der Waals surface area (Å²) >= 11 is 0. The van der Waals surface area contributed by atoms with E-state index in [-0.39, 0.29) is 24.0 Å². The van der Waals surface area contributed by atoms with Crippen LogP contribution in [0.5, 0.6) is 0 Å². The molecule has 0 unspecified atom stereocenters. The van der Waals surface area contributed by atoms with E-state index in [2.05, 4.69) is 10.5 Å². The van der Waals surface area contributed by atoms with Crippen LogP contribution >= 0.6 is 0 Å². The maximum atomic E-state index is 11.5. The number of amides is 1. The minimum absolute atomic E-state index is 0.0443. The summed E-state index contributed by atoms with van der Waals surface area (Å²) in [4.78, 5) is 22.7. The summed E-state index contributed by atoms with van der Waals surface area (Å²) in [6, 6.07) is 0. The van der Waals surface area contributed by atoms with Crippen molar-refractivity contribution in [2.45, 2.75) is 27.2 Å². The van der Waals surface area contributed by atoms with Crippen molar-refractivity contribution in [2.75, 3.05) is 11.9 Å². The predicted molar refractivity (Wildman–Crippen MR) is 56.1 cm³/mol. The van der Waals surface area contributed by atoms with Gasteiger partial charge in [-0.05, 0) is 13.8 Å². The van der Waals surface area contributed by atoms with Crippen LogP contribution in [0.25, 0.3) is 0 Å². The molecule has 88 valence electrons. The SMILES string of the molecule is CCOC(=O)c1c(C)noc1NC(=O)CC. The molecule has 1 amide bonds. The number of nitrogens with zero attached hydrogens (tertiary/aromatic N) is 1.